The fourth-order valence-corrected chi connectivity index (χ4v) is 3.99. The molecule has 3 rings (SSSR count). The van der Waals surface area contributed by atoms with E-state index < -0.39 is 19.0 Å². The molecule has 1 fully saturated rings. The molecule has 0 radical (unpaired) electrons. The van der Waals surface area contributed by atoms with E-state index >= 15 is 0 Å². The first-order chi connectivity index (χ1) is 14.2. The lowest BCUT2D eigenvalue weighted by Crippen LogP contribution is -2.33. The van der Waals surface area contributed by atoms with Crippen LogP contribution < -0.4 is 4.74 Å². The Balaban J connectivity index is 1.59. The average Bonchev–Trinajstić information content (AvgIpc) is 2.71. The molecular weight excluding hydrogens is 420 g/mol. The summed E-state index contributed by atoms with van der Waals surface area (Å²) in [5, 5.41) is 1.94. The van der Waals surface area contributed by atoms with Crippen LogP contribution in [0, 0.1) is 0 Å². The van der Waals surface area contributed by atoms with E-state index in [9.17, 15) is 22.4 Å². The molecule has 0 aliphatic carbocycles. The number of carbonyl (C=O) groups excluding carboxylic acids is 1. The quantitative estimate of drug-likeness (QED) is 0.496. The molecule has 162 valence electrons. The number of hydrogen-bond acceptors (Lipinski definition) is 4. The number of ether oxygens (including phenoxy) is 2. The van der Waals surface area contributed by atoms with Gasteiger partial charge in [-0.1, -0.05) is 42.1 Å². The van der Waals surface area contributed by atoms with Crippen molar-refractivity contribution in [1.29, 1.82) is 0 Å². The number of alkyl halides is 4. The summed E-state index contributed by atoms with van der Waals surface area (Å²) < 4.78 is 61.1. The maximum atomic E-state index is 13.0. The van der Waals surface area contributed by atoms with Gasteiger partial charge in [0.2, 0.25) is 0 Å². The summed E-state index contributed by atoms with van der Waals surface area (Å²) >= 11 is 1.32. The van der Waals surface area contributed by atoms with Crippen LogP contribution in [0.4, 0.5) is 17.6 Å². The van der Waals surface area contributed by atoms with Gasteiger partial charge in [-0.25, -0.2) is 8.78 Å². The van der Waals surface area contributed by atoms with Gasteiger partial charge in [-0.3, -0.25) is 4.79 Å². The van der Waals surface area contributed by atoms with E-state index in [1.165, 1.54) is 17.8 Å². The molecule has 0 unspecified atom stereocenters. The molecule has 2 aromatic rings. The van der Waals surface area contributed by atoms with Gasteiger partial charge in [0.05, 0.1) is 12.7 Å². The van der Waals surface area contributed by atoms with Crippen molar-refractivity contribution in [3.63, 3.8) is 0 Å². The number of benzene rings is 2. The molecule has 0 amide bonds. The molecule has 30 heavy (non-hydrogen) atoms. The van der Waals surface area contributed by atoms with Crippen LogP contribution in [0.2, 0.25) is 0 Å². The Morgan fingerprint density at radius 2 is 1.97 bits per heavy atom. The van der Waals surface area contributed by atoms with Crippen LogP contribution in [0.25, 0.3) is 16.8 Å². The van der Waals surface area contributed by atoms with Gasteiger partial charge in [0.25, 0.3) is 0 Å². The third-order valence-corrected chi connectivity index (χ3v) is 5.73. The minimum atomic E-state index is -4.18. The standard InChI is InChI=1S/C22H22F4O3S/c1-14(27)30-20-9-8-18(28-12-20)6-3-15-2-4-17-11-19(7-5-16(17)10-15)29-13-22(25,26)21(23)24/h2-7,10-11,18,20-21H,8-9,12-13H2,1H3/b6-3+/t18-,20-/m0/s1. The van der Waals surface area contributed by atoms with Gasteiger partial charge in [0.1, 0.15) is 5.75 Å². The van der Waals surface area contributed by atoms with Crippen LogP contribution in [-0.2, 0) is 9.53 Å². The first-order valence-electron chi connectivity index (χ1n) is 9.52. The van der Waals surface area contributed by atoms with E-state index in [4.69, 9.17) is 9.47 Å². The summed E-state index contributed by atoms with van der Waals surface area (Å²) in [4.78, 5) is 11.2. The van der Waals surface area contributed by atoms with Gasteiger partial charge >= 0.3 is 12.3 Å². The van der Waals surface area contributed by atoms with E-state index in [-0.39, 0.29) is 22.2 Å². The molecule has 1 aliphatic heterocycles. The molecule has 2 atom stereocenters. The lowest BCUT2D eigenvalue weighted by Gasteiger charge is -2.26. The molecule has 1 saturated heterocycles. The smallest absolute Gasteiger partial charge is 0.340 e. The minimum absolute atomic E-state index is 0.00298. The second-order valence-electron chi connectivity index (χ2n) is 7.16. The van der Waals surface area contributed by atoms with Gasteiger partial charge in [-0.05, 0) is 47.4 Å². The lowest BCUT2D eigenvalue weighted by atomic mass is 10.0. The minimum Gasteiger partial charge on any atom is -0.487 e. The van der Waals surface area contributed by atoms with Crippen LogP contribution in [0.1, 0.15) is 25.3 Å². The van der Waals surface area contributed by atoms with Crippen molar-refractivity contribution < 1.29 is 31.8 Å². The number of carbonyl (C=O) groups is 1. The molecule has 0 aromatic heterocycles. The second kappa shape index (κ2) is 9.83. The van der Waals surface area contributed by atoms with Gasteiger partial charge in [-0.2, -0.15) is 8.78 Å². The molecule has 0 bridgehead atoms. The maximum absolute atomic E-state index is 13.0. The molecule has 0 N–H and O–H groups in total. The highest BCUT2D eigenvalue weighted by atomic mass is 32.2. The first-order valence-corrected chi connectivity index (χ1v) is 10.4. The van der Waals surface area contributed by atoms with Crippen LogP contribution in [0.3, 0.4) is 0 Å². The van der Waals surface area contributed by atoms with Crippen molar-refractivity contribution in [2.24, 2.45) is 0 Å². The maximum Gasteiger partial charge on any atom is 0.340 e. The number of rotatable bonds is 7. The third kappa shape index (κ3) is 6.22. The highest BCUT2D eigenvalue weighted by Crippen LogP contribution is 2.28. The van der Waals surface area contributed by atoms with E-state index in [1.807, 2.05) is 30.4 Å². The number of fused-ring (bicyclic) bond motifs is 1. The SMILES string of the molecule is CC(=O)S[C@H]1CC[C@H](/C=C/c2ccc3cc(OCC(F)(F)C(F)F)ccc3c2)OC1. The van der Waals surface area contributed by atoms with Crippen molar-refractivity contribution in [1.82, 2.24) is 0 Å². The first kappa shape index (κ1) is 22.6. The van der Waals surface area contributed by atoms with Gasteiger partial charge in [-0.15, -0.1) is 0 Å². The topological polar surface area (TPSA) is 35.5 Å². The van der Waals surface area contributed by atoms with Crippen molar-refractivity contribution in [2.75, 3.05) is 13.2 Å². The normalized spacial score (nSPS) is 20.2. The van der Waals surface area contributed by atoms with E-state index in [2.05, 4.69) is 0 Å². The molecular formula is C22H22F4O3S. The Morgan fingerprint density at radius 3 is 2.63 bits per heavy atom. The predicted molar refractivity (Wildman–Crippen MR) is 110 cm³/mol. The summed E-state index contributed by atoms with van der Waals surface area (Å²) in [5.74, 6) is -4.07. The molecule has 1 heterocycles. The summed E-state index contributed by atoms with van der Waals surface area (Å²) in [6.07, 6.45) is 1.94. The van der Waals surface area contributed by atoms with E-state index in [0.717, 1.165) is 29.2 Å². The Morgan fingerprint density at radius 1 is 1.23 bits per heavy atom. The Kier molecular flexibility index (Phi) is 7.41. The number of thioether (sulfide) groups is 1. The largest absolute Gasteiger partial charge is 0.487 e. The highest BCUT2D eigenvalue weighted by Gasteiger charge is 2.41. The summed E-state index contributed by atoms with van der Waals surface area (Å²) in [7, 11) is 0. The Labute approximate surface area is 176 Å². The van der Waals surface area contributed by atoms with Crippen molar-refractivity contribution in [2.45, 2.75) is 43.5 Å². The molecule has 0 saturated carbocycles. The number of halogens is 4. The Hall–Kier alpha value is -2.06. The summed E-state index contributed by atoms with van der Waals surface area (Å²) in [6.45, 7) is 0.735. The fourth-order valence-electron chi connectivity index (χ4n) is 3.12. The number of hydrogen-bond donors (Lipinski definition) is 0. The average molecular weight is 442 g/mol. The molecule has 2 aromatic carbocycles. The van der Waals surface area contributed by atoms with E-state index in [1.54, 1.807) is 19.1 Å². The second-order valence-corrected chi connectivity index (χ2v) is 8.64. The van der Waals surface area contributed by atoms with Crippen LogP contribution in [-0.4, -0.2) is 42.0 Å². The van der Waals surface area contributed by atoms with Crippen LogP contribution >= 0.6 is 11.8 Å². The fraction of sp³-hybridized carbons (Fsp3) is 0.409. The monoisotopic (exact) mass is 442 g/mol. The molecule has 8 heteroatoms. The van der Waals surface area contributed by atoms with Gasteiger partial charge in [0, 0.05) is 12.2 Å². The van der Waals surface area contributed by atoms with Crippen molar-refractivity contribution >= 4 is 33.7 Å². The van der Waals surface area contributed by atoms with Crippen LogP contribution in [0.5, 0.6) is 5.75 Å². The van der Waals surface area contributed by atoms with Crippen LogP contribution in [0.15, 0.2) is 42.5 Å². The van der Waals surface area contributed by atoms with Crippen molar-refractivity contribution in [3.05, 3.63) is 48.0 Å². The third-order valence-electron chi connectivity index (χ3n) is 4.69. The Bertz CT molecular complexity index is 908. The van der Waals surface area contributed by atoms with Gasteiger partial charge in [0.15, 0.2) is 11.7 Å². The molecule has 3 nitrogen and oxygen atoms in total. The summed E-state index contributed by atoms with van der Waals surface area (Å²) in [6, 6.07) is 10.3. The van der Waals surface area contributed by atoms with Gasteiger partial charge < -0.3 is 9.47 Å². The zero-order chi connectivity index (χ0) is 21.7. The zero-order valence-electron chi connectivity index (χ0n) is 16.3. The molecule has 1 aliphatic rings. The lowest BCUT2D eigenvalue weighted by molar-refractivity contribution is -0.148. The van der Waals surface area contributed by atoms with E-state index in [0.29, 0.717) is 6.61 Å². The van der Waals surface area contributed by atoms with Crippen molar-refractivity contribution in [3.8, 4) is 5.75 Å². The predicted octanol–water partition coefficient (Wildman–Crippen LogP) is 5.96. The molecule has 0 spiro atoms. The zero-order valence-corrected chi connectivity index (χ0v) is 17.1. The summed E-state index contributed by atoms with van der Waals surface area (Å²) in [5.41, 5.74) is 0.948. The highest BCUT2D eigenvalue weighted by molar-refractivity contribution is 8.14.